The zero-order valence-corrected chi connectivity index (χ0v) is 19.1. The quantitative estimate of drug-likeness (QED) is 0.253. The minimum atomic E-state index is 0.498. The number of hydrogen-bond acceptors (Lipinski definition) is 4. The minimum Gasteiger partial charge on any atom is -0.397 e. The van der Waals surface area contributed by atoms with Gasteiger partial charge in [-0.25, -0.2) is 4.98 Å². The molecule has 0 aliphatic heterocycles. The number of nitrogen functional groups attached to an aromatic ring is 1. The number of halogens is 2. The van der Waals surface area contributed by atoms with E-state index in [1.807, 2.05) is 76.2 Å². The zero-order chi connectivity index (χ0) is 21.3. The number of para-hydroxylation sites is 4. The lowest BCUT2D eigenvalue weighted by Crippen LogP contribution is -2.21. The van der Waals surface area contributed by atoms with Gasteiger partial charge in [-0.1, -0.05) is 36.9 Å². The van der Waals surface area contributed by atoms with Crippen LogP contribution < -0.4 is 10.6 Å². The number of benzene rings is 3. The Morgan fingerprint density at radius 2 is 1.87 bits per heavy atom. The van der Waals surface area contributed by atoms with Gasteiger partial charge in [0.1, 0.15) is 0 Å². The first-order valence-electron chi connectivity index (χ1n) is 9.12. The maximum Gasteiger partial charge on any atom is 0.182 e. The molecule has 0 aliphatic rings. The molecule has 1 aromatic heterocycles. The Morgan fingerprint density at radius 3 is 2.60 bits per heavy atom. The number of nitrogens with two attached hydrogens (primary N) is 1. The highest BCUT2D eigenvalue weighted by Gasteiger charge is 2.18. The summed E-state index contributed by atoms with van der Waals surface area (Å²) in [5.41, 5.74) is 12.0. The van der Waals surface area contributed by atoms with E-state index in [1.165, 1.54) is 0 Å². The summed E-state index contributed by atoms with van der Waals surface area (Å²) in [7, 11) is 0. The molecule has 0 atom stereocenters. The van der Waals surface area contributed by atoms with Gasteiger partial charge in [-0.2, -0.15) is 5.26 Å². The van der Waals surface area contributed by atoms with Gasteiger partial charge in [-0.15, -0.1) is 0 Å². The Labute approximate surface area is 191 Å². The van der Waals surface area contributed by atoms with Crippen molar-refractivity contribution in [2.75, 3.05) is 10.6 Å². The van der Waals surface area contributed by atoms with Gasteiger partial charge in [0.25, 0.3) is 0 Å². The first-order valence-corrected chi connectivity index (χ1v) is 10.7. The highest BCUT2D eigenvalue weighted by molar-refractivity contribution is 9.11. The first-order chi connectivity index (χ1) is 14.5. The van der Waals surface area contributed by atoms with Crippen LogP contribution in [0.2, 0.25) is 0 Å². The molecule has 0 unspecified atom stereocenters. The van der Waals surface area contributed by atoms with Crippen molar-refractivity contribution in [3.8, 4) is 11.8 Å². The normalized spacial score (nSPS) is 10.7. The lowest BCUT2D eigenvalue weighted by molar-refractivity contribution is 0.928. The predicted molar refractivity (Wildman–Crippen MR) is 129 cm³/mol. The average Bonchev–Trinajstić information content (AvgIpc) is 3.08. The molecule has 0 amide bonds. The molecule has 30 heavy (non-hydrogen) atoms. The second-order valence-corrected chi connectivity index (χ2v) is 8.31. The number of nitriles is 1. The summed E-state index contributed by atoms with van der Waals surface area (Å²) in [6.45, 7) is 4.57. The average molecular weight is 523 g/mol. The van der Waals surface area contributed by atoms with Crippen molar-refractivity contribution in [3.63, 3.8) is 0 Å². The minimum absolute atomic E-state index is 0.498. The standard InChI is InChI=1S/C23H17Br2N5/c1-15(24)29(20-8-4-2-6-18(20)27)14-17-11-10-16(13-26)12-22(17)30-21-9-5-3-7-19(21)28-23(30)25/h2-12H,1,14,27H2. The van der Waals surface area contributed by atoms with Crippen LogP contribution in [0.15, 0.2) is 82.6 Å². The first kappa shape index (κ1) is 20.2. The molecule has 3 aromatic carbocycles. The molecule has 4 aromatic rings. The van der Waals surface area contributed by atoms with Gasteiger partial charge in [0, 0.05) is 0 Å². The molecule has 0 saturated heterocycles. The summed E-state index contributed by atoms with van der Waals surface area (Å²) in [6.07, 6.45) is 0. The van der Waals surface area contributed by atoms with Crippen LogP contribution in [0.5, 0.6) is 0 Å². The lowest BCUT2D eigenvalue weighted by atomic mass is 10.1. The molecule has 4 rings (SSSR count). The highest BCUT2D eigenvalue weighted by atomic mass is 79.9. The van der Waals surface area contributed by atoms with Crippen molar-refractivity contribution < 1.29 is 0 Å². The smallest absolute Gasteiger partial charge is 0.182 e. The van der Waals surface area contributed by atoms with Gasteiger partial charge in [0.2, 0.25) is 0 Å². The number of fused-ring (bicyclic) bond motifs is 1. The van der Waals surface area contributed by atoms with Crippen molar-refractivity contribution in [1.29, 1.82) is 5.26 Å². The summed E-state index contributed by atoms with van der Waals surface area (Å²) < 4.78 is 3.36. The van der Waals surface area contributed by atoms with E-state index in [0.29, 0.717) is 27.1 Å². The van der Waals surface area contributed by atoms with Crippen LogP contribution in [0.4, 0.5) is 11.4 Å². The molecular weight excluding hydrogens is 506 g/mol. The van der Waals surface area contributed by atoms with Crippen LogP contribution in [0, 0.1) is 11.3 Å². The monoisotopic (exact) mass is 521 g/mol. The number of anilines is 2. The van der Waals surface area contributed by atoms with Crippen LogP contribution in [0.1, 0.15) is 11.1 Å². The van der Waals surface area contributed by atoms with Crippen LogP contribution in [0.3, 0.4) is 0 Å². The summed E-state index contributed by atoms with van der Waals surface area (Å²) in [5, 5.41) is 9.48. The molecule has 1 heterocycles. The summed E-state index contributed by atoms with van der Waals surface area (Å²) in [6, 6.07) is 23.4. The number of rotatable bonds is 5. The van der Waals surface area contributed by atoms with E-state index in [4.69, 9.17) is 5.73 Å². The number of aromatic nitrogens is 2. The van der Waals surface area contributed by atoms with Crippen molar-refractivity contribution in [1.82, 2.24) is 9.55 Å². The summed E-state index contributed by atoms with van der Waals surface area (Å²) in [5.74, 6) is 0. The van der Waals surface area contributed by atoms with Crippen LogP contribution >= 0.6 is 31.9 Å². The highest BCUT2D eigenvalue weighted by Crippen LogP contribution is 2.33. The van der Waals surface area contributed by atoms with Gasteiger partial charge in [-0.05, 0) is 73.8 Å². The number of nitrogens with zero attached hydrogens (tertiary/aromatic N) is 4. The Bertz CT molecular complexity index is 1300. The molecule has 148 valence electrons. The van der Waals surface area contributed by atoms with E-state index in [1.54, 1.807) is 0 Å². The van der Waals surface area contributed by atoms with Crippen LogP contribution in [0.25, 0.3) is 16.7 Å². The molecule has 0 bridgehead atoms. The van der Waals surface area contributed by atoms with Crippen molar-refractivity contribution in [2.24, 2.45) is 0 Å². The van der Waals surface area contributed by atoms with Gasteiger partial charge < -0.3 is 10.6 Å². The van der Waals surface area contributed by atoms with E-state index in [-0.39, 0.29) is 0 Å². The third kappa shape index (κ3) is 3.72. The maximum absolute atomic E-state index is 9.48. The SMILES string of the molecule is C=C(Br)N(Cc1ccc(C#N)cc1-n1c(Br)nc2ccccc21)c1ccccc1N. The Kier molecular flexibility index (Phi) is 5.62. The topological polar surface area (TPSA) is 70.9 Å². The van der Waals surface area contributed by atoms with E-state index < -0.39 is 0 Å². The molecular formula is C23H17Br2N5. The molecule has 2 N–H and O–H groups in total. The lowest BCUT2D eigenvalue weighted by Gasteiger charge is -2.26. The largest absolute Gasteiger partial charge is 0.397 e. The van der Waals surface area contributed by atoms with Crippen LogP contribution in [-0.4, -0.2) is 9.55 Å². The fraction of sp³-hybridized carbons (Fsp3) is 0.0435. The van der Waals surface area contributed by atoms with Gasteiger partial charge in [0.15, 0.2) is 4.73 Å². The molecule has 0 fully saturated rings. The Balaban J connectivity index is 1.89. The molecule has 5 nitrogen and oxygen atoms in total. The van der Waals surface area contributed by atoms with Crippen molar-refractivity contribution >= 4 is 54.3 Å². The fourth-order valence-corrected chi connectivity index (χ4v) is 4.30. The molecule has 0 spiro atoms. The van der Waals surface area contributed by atoms with E-state index >= 15 is 0 Å². The molecule has 0 saturated carbocycles. The predicted octanol–water partition coefficient (Wildman–Crippen LogP) is 6.11. The summed E-state index contributed by atoms with van der Waals surface area (Å²) in [4.78, 5) is 6.60. The second-order valence-electron chi connectivity index (χ2n) is 6.68. The van der Waals surface area contributed by atoms with E-state index in [0.717, 1.165) is 28.0 Å². The second kappa shape index (κ2) is 8.34. The van der Waals surface area contributed by atoms with E-state index in [2.05, 4.69) is 49.5 Å². The van der Waals surface area contributed by atoms with Gasteiger partial charge >= 0.3 is 0 Å². The number of hydrogen-bond donors (Lipinski definition) is 1. The van der Waals surface area contributed by atoms with Crippen molar-refractivity contribution in [2.45, 2.75) is 6.54 Å². The van der Waals surface area contributed by atoms with Crippen LogP contribution in [-0.2, 0) is 6.54 Å². The third-order valence-electron chi connectivity index (χ3n) is 4.82. The van der Waals surface area contributed by atoms with Gasteiger partial charge in [-0.3, -0.25) is 4.57 Å². The molecule has 0 aliphatic carbocycles. The molecule has 0 radical (unpaired) electrons. The Hall–Kier alpha value is -3.08. The maximum atomic E-state index is 9.48. The third-order valence-corrected chi connectivity index (χ3v) is 5.78. The number of imidazole rings is 1. The fourth-order valence-electron chi connectivity index (χ4n) is 3.41. The summed E-state index contributed by atoms with van der Waals surface area (Å²) >= 11 is 7.11. The zero-order valence-electron chi connectivity index (χ0n) is 15.9. The molecule has 7 heteroatoms. The van der Waals surface area contributed by atoms with E-state index in [9.17, 15) is 5.26 Å². The van der Waals surface area contributed by atoms with Crippen molar-refractivity contribution in [3.05, 3.63) is 93.8 Å². The van der Waals surface area contributed by atoms with Gasteiger partial charge in [0.05, 0.1) is 50.9 Å². The Morgan fingerprint density at radius 1 is 1.13 bits per heavy atom.